The summed E-state index contributed by atoms with van der Waals surface area (Å²) in [5, 5.41) is 7.54. The molecule has 0 saturated heterocycles. The normalized spacial score (nSPS) is 9.50. The third-order valence-corrected chi connectivity index (χ3v) is 0.849. The lowest BCUT2D eigenvalue weighted by molar-refractivity contribution is -0.113. The van der Waals surface area contributed by atoms with Gasteiger partial charge in [0, 0.05) is 6.54 Å². The molecule has 0 aliphatic carbocycles. The molecular formula is C6H11N3O3. The maximum absolute atomic E-state index is 10.7. The number of nitrogens with zero attached hydrogens (tertiary/aromatic N) is 1. The van der Waals surface area contributed by atoms with Crippen molar-refractivity contribution in [3.63, 3.8) is 0 Å². The molecule has 0 aromatic rings. The van der Waals surface area contributed by atoms with Crippen LogP contribution in [0.5, 0.6) is 0 Å². The maximum Gasteiger partial charge on any atom is 0.321 e. The molecule has 6 nitrogen and oxygen atoms in total. The van der Waals surface area contributed by atoms with E-state index in [2.05, 4.69) is 15.3 Å². The molecule has 0 unspecified atom stereocenters. The molecule has 0 aromatic heterocycles. The quantitative estimate of drug-likeness (QED) is 0.444. The topological polar surface area (TPSA) is 79.8 Å². The van der Waals surface area contributed by atoms with E-state index in [-0.39, 0.29) is 0 Å². The molecule has 0 spiro atoms. The minimum Gasteiger partial charge on any atom is -0.399 e. The second kappa shape index (κ2) is 6.14. The Labute approximate surface area is 69.9 Å². The molecular weight excluding hydrogens is 162 g/mol. The van der Waals surface area contributed by atoms with Gasteiger partial charge in [-0.3, -0.25) is 10.1 Å². The number of urea groups is 1. The van der Waals surface area contributed by atoms with Crippen molar-refractivity contribution in [3.05, 3.63) is 0 Å². The molecule has 0 heterocycles. The second-order valence-corrected chi connectivity index (χ2v) is 1.77. The molecule has 6 heteroatoms. The van der Waals surface area contributed by atoms with E-state index < -0.39 is 11.9 Å². The number of carbonyl (C=O) groups is 2. The Morgan fingerprint density at radius 3 is 2.75 bits per heavy atom. The second-order valence-electron chi connectivity index (χ2n) is 1.77. The molecule has 0 saturated carbocycles. The van der Waals surface area contributed by atoms with Crippen LogP contribution in [0.3, 0.4) is 0 Å². The summed E-state index contributed by atoms with van der Waals surface area (Å²) in [7, 11) is 1.30. The predicted molar refractivity (Wildman–Crippen MR) is 42.7 cm³/mol. The Balaban J connectivity index is 3.69. The van der Waals surface area contributed by atoms with Crippen LogP contribution in [0.2, 0.25) is 0 Å². The first kappa shape index (κ1) is 10.4. The van der Waals surface area contributed by atoms with Crippen molar-refractivity contribution in [1.82, 2.24) is 10.6 Å². The van der Waals surface area contributed by atoms with Crippen molar-refractivity contribution in [1.29, 1.82) is 0 Å². The van der Waals surface area contributed by atoms with Gasteiger partial charge in [-0.05, 0) is 6.92 Å². The Kier molecular flexibility index (Phi) is 5.33. The van der Waals surface area contributed by atoms with Gasteiger partial charge in [0.05, 0.1) is 0 Å². The lowest BCUT2D eigenvalue weighted by Crippen LogP contribution is -2.39. The van der Waals surface area contributed by atoms with Crippen LogP contribution in [-0.4, -0.2) is 31.8 Å². The SMILES string of the molecule is CCNC(=O)NC(=O)C=NOC. The molecule has 0 bridgehead atoms. The van der Waals surface area contributed by atoms with Crippen LogP contribution in [0.1, 0.15) is 6.92 Å². The third-order valence-electron chi connectivity index (χ3n) is 0.849. The zero-order valence-corrected chi connectivity index (χ0v) is 6.96. The molecule has 3 amide bonds. The molecule has 2 N–H and O–H groups in total. The van der Waals surface area contributed by atoms with E-state index in [4.69, 9.17) is 0 Å². The molecule has 0 radical (unpaired) electrons. The first-order chi connectivity index (χ1) is 5.70. The van der Waals surface area contributed by atoms with Crippen molar-refractivity contribution in [2.75, 3.05) is 13.7 Å². The summed E-state index contributed by atoms with van der Waals surface area (Å²) in [6, 6.07) is -0.551. The summed E-state index contributed by atoms with van der Waals surface area (Å²) in [5.74, 6) is -0.622. The van der Waals surface area contributed by atoms with E-state index >= 15 is 0 Å². The molecule has 0 atom stereocenters. The van der Waals surface area contributed by atoms with Crippen molar-refractivity contribution in [3.8, 4) is 0 Å². The zero-order chi connectivity index (χ0) is 9.40. The lowest BCUT2D eigenvalue weighted by Gasteiger charge is -1.99. The molecule has 0 aliphatic rings. The number of imide groups is 1. The number of carbonyl (C=O) groups excluding carboxylic acids is 2. The van der Waals surface area contributed by atoms with Crippen LogP contribution in [0.15, 0.2) is 5.16 Å². The van der Waals surface area contributed by atoms with E-state index in [1.54, 1.807) is 6.92 Å². The van der Waals surface area contributed by atoms with Crippen molar-refractivity contribution >= 4 is 18.2 Å². The highest BCUT2D eigenvalue weighted by Gasteiger charge is 2.02. The average molecular weight is 173 g/mol. The summed E-state index contributed by atoms with van der Waals surface area (Å²) in [6.07, 6.45) is 0.870. The van der Waals surface area contributed by atoms with Crippen LogP contribution in [-0.2, 0) is 9.63 Å². The highest BCUT2D eigenvalue weighted by molar-refractivity contribution is 6.29. The minimum absolute atomic E-state index is 0.459. The van der Waals surface area contributed by atoms with Gasteiger partial charge in [-0.1, -0.05) is 5.16 Å². The molecule has 0 fully saturated rings. The fraction of sp³-hybridized carbons (Fsp3) is 0.500. The lowest BCUT2D eigenvalue weighted by atomic mass is 10.6. The summed E-state index contributed by atoms with van der Waals surface area (Å²) < 4.78 is 0. The highest BCUT2D eigenvalue weighted by atomic mass is 16.6. The molecule has 68 valence electrons. The van der Waals surface area contributed by atoms with Gasteiger partial charge in [0.25, 0.3) is 5.91 Å². The van der Waals surface area contributed by atoms with Gasteiger partial charge < -0.3 is 10.2 Å². The zero-order valence-electron chi connectivity index (χ0n) is 6.96. The van der Waals surface area contributed by atoms with E-state index in [1.807, 2.05) is 5.32 Å². The number of hydrogen-bond donors (Lipinski definition) is 2. The first-order valence-electron chi connectivity index (χ1n) is 3.36. The fourth-order valence-corrected chi connectivity index (χ4v) is 0.449. The smallest absolute Gasteiger partial charge is 0.321 e. The molecule has 0 rings (SSSR count). The Morgan fingerprint density at radius 2 is 2.25 bits per heavy atom. The Morgan fingerprint density at radius 1 is 1.58 bits per heavy atom. The third kappa shape index (κ3) is 5.21. The number of hydrogen-bond acceptors (Lipinski definition) is 4. The van der Waals surface area contributed by atoms with Gasteiger partial charge >= 0.3 is 6.03 Å². The standard InChI is InChI=1S/C6H11N3O3/c1-3-7-6(11)9-5(10)4-8-12-2/h4H,3H2,1-2H3,(H2,7,9,10,11). The van der Waals surface area contributed by atoms with Crippen LogP contribution < -0.4 is 10.6 Å². The maximum atomic E-state index is 10.7. The summed E-state index contributed by atoms with van der Waals surface area (Å²) in [4.78, 5) is 25.6. The molecule has 12 heavy (non-hydrogen) atoms. The van der Waals surface area contributed by atoms with Gasteiger partial charge in [-0.2, -0.15) is 0 Å². The van der Waals surface area contributed by atoms with Crippen LogP contribution in [0, 0.1) is 0 Å². The first-order valence-corrected chi connectivity index (χ1v) is 3.36. The average Bonchev–Trinajstić information content (AvgIpc) is 2.01. The molecule has 0 aromatic carbocycles. The van der Waals surface area contributed by atoms with Crippen molar-refractivity contribution in [2.45, 2.75) is 6.92 Å². The number of nitrogens with one attached hydrogen (secondary N) is 2. The van der Waals surface area contributed by atoms with Crippen LogP contribution in [0.4, 0.5) is 4.79 Å². The van der Waals surface area contributed by atoms with E-state index in [0.29, 0.717) is 6.54 Å². The van der Waals surface area contributed by atoms with Gasteiger partial charge in [0.15, 0.2) is 0 Å². The van der Waals surface area contributed by atoms with E-state index in [9.17, 15) is 9.59 Å². The van der Waals surface area contributed by atoms with Gasteiger partial charge in [-0.15, -0.1) is 0 Å². The minimum atomic E-state index is -0.622. The predicted octanol–water partition coefficient (Wildman–Crippen LogP) is -0.536. The van der Waals surface area contributed by atoms with Crippen molar-refractivity contribution in [2.24, 2.45) is 5.16 Å². The van der Waals surface area contributed by atoms with E-state index in [1.165, 1.54) is 7.11 Å². The van der Waals surface area contributed by atoms with Crippen LogP contribution >= 0.6 is 0 Å². The Bertz CT molecular complexity index is 190. The number of rotatable bonds is 3. The van der Waals surface area contributed by atoms with Gasteiger partial charge in [0.1, 0.15) is 13.3 Å². The largest absolute Gasteiger partial charge is 0.399 e. The monoisotopic (exact) mass is 173 g/mol. The summed E-state index contributed by atoms with van der Waals surface area (Å²) in [6.45, 7) is 2.20. The highest BCUT2D eigenvalue weighted by Crippen LogP contribution is 1.67. The summed E-state index contributed by atoms with van der Waals surface area (Å²) in [5.41, 5.74) is 0. The van der Waals surface area contributed by atoms with Gasteiger partial charge in [0.2, 0.25) is 0 Å². The fourth-order valence-electron chi connectivity index (χ4n) is 0.449. The number of oxime groups is 1. The van der Waals surface area contributed by atoms with Gasteiger partial charge in [-0.25, -0.2) is 4.79 Å². The van der Waals surface area contributed by atoms with E-state index in [0.717, 1.165) is 6.21 Å². The Hall–Kier alpha value is -1.59. The molecule has 0 aliphatic heterocycles. The number of amides is 3. The van der Waals surface area contributed by atoms with Crippen molar-refractivity contribution < 1.29 is 14.4 Å². The van der Waals surface area contributed by atoms with Crippen LogP contribution in [0.25, 0.3) is 0 Å². The summed E-state index contributed by atoms with van der Waals surface area (Å²) >= 11 is 0.